The summed E-state index contributed by atoms with van der Waals surface area (Å²) in [4.78, 5) is 0. The number of anilines is 2. The number of rotatable bonds is 2. The van der Waals surface area contributed by atoms with Crippen LogP contribution in [0.15, 0.2) is 28.7 Å². The molecule has 2 aromatic carbocycles. The normalized spacial score (nSPS) is 10.2. The van der Waals surface area contributed by atoms with E-state index < -0.39 is 29.0 Å². The molecule has 2 nitrogen and oxygen atoms in total. The van der Waals surface area contributed by atoms with E-state index >= 15 is 0 Å². The average Bonchev–Trinajstić information content (AvgIpc) is 2.41. The number of halogens is 5. The standard InChI is InChI=1S/C13H5BrF4N2/c14-7-2-1-3-10(6(7)5-19)20-13-11(17)8(15)4-9(16)12(13)18/h1-4,20H. The second-order valence-electron chi connectivity index (χ2n) is 3.74. The molecule has 0 aliphatic rings. The summed E-state index contributed by atoms with van der Waals surface area (Å²) >= 11 is 3.09. The second kappa shape index (κ2) is 5.51. The molecule has 0 atom stereocenters. The zero-order valence-electron chi connectivity index (χ0n) is 9.65. The SMILES string of the molecule is N#Cc1c(Br)cccc1Nc1c(F)c(F)cc(F)c1F. The van der Waals surface area contributed by atoms with Crippen LogP contribution in [0.3, 0.4) is 0 Å². The van der Waals surface area contributed by atoms with E-state index in [1.165, 1.54) is 12.1 Å². The molecule has 1 N–H and O–H groups in total. The lowest BCUT2D eigenvalue weighted by Gasteiger charge is -2.11. The zero-order chi connectivity index (χ0) is 14.9. The Morgan fingerprint density at radius 2 is 1.65 bits per heavy atom. The largest absolute Gasteiger partial charge is 0.349 e. The summed E-state index contributed by atoms with van der Waals surface area (Å²) in [5.41, 5.74) is -0.919. The first-order valence-corrected chi connectivity index (χ1v) is 6.03. The monoisotopic (exact) mass is 344 g/mol. The molecule has 0 saturated carbocycles. The molecule has 0 aliphatic heterocycles. The molecule has 20 heavy (non-hydrogen) atoms. The van der Waals surface area contributed by atoms with Crippen LogP contribution in [-0.4, -0.2) is 0 Å². The summed E-state index contributed by atoms with van der Waals surface area (Å²) in [7, 11) is 0. The highest BCUT2D eigenvalue weighted by Crippen LogP contribution is 2.31. The number of nitriles is 1. The van der Waals surface area contributed by atoms with Crippen LogP contribution in [-0.2, 0) is 0 Å². The van der Waals surface area contributed by atoms with Gasteiger partial charge in [-0.2, -0.15) is 5.26 Å². The van der Waals surface area contributed by atoms with Crippen LogP contribution < -0.4 is 5.32 Å². The average molecular weight is 345 g/mol. The maximum atomic E-state index is 13.5. The third-order valence-electron chi connectivity index (χ3n) is 2.50. The zero-order valence-corrected chi connectivity index (χ0v) is 11.2. The number of nitrogens with zero attached hydrogens (tertiary/aromatic N) is 1. The van der Waals surface area contributed by atoms with Crippen LogP contribution in [0.4, 0.5) is 28.9 Å². The first kappa shape index (κ1) is 14.3. The maximum absolute atomic E-state index is 13.5. The highest BCUT2D eigenvalue weighted by Gasteiger charge is 2.20. The number of hydrogen-bond donors (Lipinski definition) is 1. The topological polar surface area (TPSA) is 35.8 Å². The fourth-order valence-electron chi connectivity index (χ4n) is 1.56. The van der Waals surface area contributed by atoms with E-state index in [1.807, 2.05) is 6.07 Å². The minimum Gasteiger partial charge on any atom is -0.349 e. The van der Waals surface area contributed by atoms with Gasteiger partial charge in [0.2, 0.25) is 0 Å². The molecule has 0 bridgehead atoms. The van der Waals surface area contributed by atoms with Gasteiger partial charge >= 0.3 is 0 Å². The molecule has 2 rings (SSSR count). The van der Waals surface area contributed by atoms with Gasteiger partial charge in [-0.3, -0.25) is 0 Å². The Hall–Kier alpha value is -2.07. The molecule has 0 radical (unpaired) electrons. The fraction of sp³-hybridized carbons (Fsp3) is 0. The smallest absolute Gasteiger partial charge is 0.185 e. The number of nitrogens with one attached hydrogen (secondary N) is 1. The summed E-state index contributed by atoms with van der Waals surface area (Å²) < 4.78 is 53.6. The van der Waals surface area contributed by atoms with Crippen molar-refractivity contribution >= 4 is 27.3 Å². The molecule has 0 spiro atoms. The van der Waals surface area contributed by atoms with Crippen molar-refractivity contribution in [3.05, 3.63) is 57.6 Å². The van der Waals surface area contributed by atoms with Gasteiger partial charge < -0.3 is 5.32 Å². The summed E-state index contributed by atoms with van der Waals surface area (Å²) in [5, 5.41) is 11.2. The second-order valence-corrected chi connectivity index (χ2v) is 4.60. The summed E-state index contributed by atoms with van der Waals surface area (Å²) in [6, 6.07) is 6.32. The van der Waals surface area contributed by atoms with Crippen LogP contribution in [0.25, 0.3) is 0 Å². The molecule has 2 aromatic rings. The third-order valence-corrected chi connectivity index (χ3v) is 3.16. The Labute approximate surface area is 119 Å². The van der Waals surface area contributed by atoms with Gasteiger partial charge in [0.15, 0.2) is 23.3 Å². The third kappa shape index (κ3) is 2.47. The molecule has 7 heteroatoms. The van der Waals surface area contributed by atoms with E-state index in [2.05, 4.69) is 21.2 Å². The molecule has 0 unspecified atom stereocenters. The minimum absolute atomic E-state index is 0.0182. The predicted molar refractivity (Wildman–Crippen MR) is 68.4 cm³/mol. The van der Waals surface area contributed by atoms with E-state index in [0.717, 1.165) is 0 Å². The molecular weight excluding hydrogens is 340 g/mol. The summed E-state index contributed by atoms with van der Waals surface area (Å²) in [5.74, 6) is -6.18. The van der Waals surface area contributed by atoms with Crippen LogP contribution >= 0.6 is 15.9 Å². The van der Waals surface area contributed by atoms with Crippen molar-refractivity contribution in [2.24, 2.45) is 0 Å². The van der Waals surface area contributed by atoms with Crippen molar-refractivity contribution in [2.45, 2.75) is 0 Å². The van der Waals surface area contributed by atoms with Crippen molar-refractivity contribution in [3.8, 4) is 6.07 Å². The molecular formula is C13H5BrF4N2. The minimum atomic E-state index is -1.56. The Balaban J connectivity index is 2.57. The van der Waals surface area contributed by atoms with E-state index in [-0.39, 0.29) is 17.3 Å². The van der Waals surface area contributed by atoms with Crippen molar-refractivity contribution < 1.29 is 17.6 Å². The highest BCUT2D eigenvalue weighted by molar-refractivity contribution is 9.10. The predicted octanol–water partition coefficient (Wildman–Crippen LogP) is 4.62. The van der Waals surface area contributed by atoms with Crippen molar-refractivity contribution in [3.63, 3.8) is 0 Å². The van der Waals surface area contributed by atoms with Gasteiger partial charge in [0.05, 0.1) is 11.3 Å². The van der Waals surface area contributed by atoms with Crippen LogP contribution in [0.1, 0.15) is 5.56 Å². The van der Waals surface area contributed by atoms with E-state index in [0.29, 0.717) is 4.47 Å². The van der Waals surface area contributed by atoms with Gasteiger partial charge in [0.25, 0.3) is 0 Å². The maximum Gasteiger partial charge on any atom is 0.185 e. The first-order valence-electron chi connectivity index (χ1n) is 5.24. The van der Waals surface area contributed by atoms with Gasteiger partial charge in [0, 0.05) is 10.5 Å². The number of hydrogen-bond acceptors (Lipinski definition) is 2. The lowest BCUT2D eigenvalue weighted by molar-refractivity contribution is 0.459. The van der Waals surface area contributed by atoms with Gasteiger partial charge in [0.1, 0.15) is 11.8 Å². The Bertz CT molecular complexity index is 699. The van der Waals surface area contributed by atoms with Gasteiger partial charge in [-0.05, 0) is 28.1 Å². The first-order chi connectivity index (χ1) is 9.45. The summed E-state index contributed by atoms with van der Waals surface area (Å²) in [6.45, 7) is 0. The molecule has 0 amide bonds. The Morgan fingerprint density at radius 1 is 1.05 bits per heavy atom. The van der Waals surface area contributed by atoms with E-state index in [9.17, 15) is 17.6 Å². The molecule has 0 aromatic heterocycles. The van der Waals surface area contributed by atoms with Gasteiger partial charge in [-0.1, -0.05) is 6.07 Å². The number of benzene rings is 2. The Morgan fingerprint density at radius 3 is 2.20 bits per heavy atom. The van der Waals surface area contributed by atoms with Crippen molar-refractivity contribution in [1.82, 2.24) is 0 Å². The fourth-order valence-corrected chi connectivity index (χ4v) is 2.01. The van der Waals surface area contributed by atoms with Crippen LogP contribution in [0, 0.1) is 34.6 Å². The quantitative estimate of drug-likeness (QED) is 0.637. The van der Waals surface area contributed by atoms with Crippen molar-refractivity contribution in [2.75, 3.05) is 5.32 Å². The molecule has 102 valence electrons. The van der Waals surface area contributed by atoms with E-state index in [1.54, 1.807) is 6.07 Å². The lowest BCUT2D eigenvalue weighted by Crippen LogP contribution is -2.04. The van der Waals surface area contributed by atoms with Gasteiger partial charge in [-0.25, -0.2) is 17.6 Å². The Kier molecular flexibility index (Phi) is 3.95. The molecule has 0 heterocycles. The lowest BCUT2D eigenvalue weighted by atomic mass is 10.1. The van der Waals surface area contributed by atoms with Crippen LogP contribution in [0.5, 0.6) is 0 Å². The molecule has 0 fully saturated rings. The molecule has 0 aliphatic carbocycles. The molecule has 0 saturated heterocycles. The van der Waals surface area contributed by atoms with Crippen LogP contribution in [0.2, 0.25) is 0 Å². The van der Waals surface area contributed by atoms with E-state index in [4.69, 9.17) is 5.26 Å². The van der Waals surface area contributed by atoms with Gasteiger partial charge in [-0.15, -0.1) is 0 Å². The highest BCUT2D eigenvalue weighted by atomic mass is 79.9. The summed E-state index contributed by atoms with van der Waals surface area (Å²) in [6.07, 6.45) is 0. The van der Waals surface area contributed by atoms with Crippen molar-refractivity contribution in [1.29, 1.82) is 5.26 Å².